The normalized spacial score (nSPS) is 14.7. The molecule has 7 heteroatoms. The first kappa shape index (κ1) is 21.1. The lowest BCUT2D eigenvalue weighted by Crippen LogP contribution is -2.41. The minimum Gasteiger partial charge on any atom is -0.483 e. The number of hydrogen-bond donors (Lipinski definition) is 2. The fourth-order valence-electron chi connectivity index (χ4n) is 3.27. The van der Waals surface area contributed by atoms with E-state index in [0.717, 1.165) is 43.6 Å². The fraction of sp³-hybridized carbons (Fsp3) is 0.455. The van der Waals surface area contributed by atoms with Gasteiger partial charge in [0.15, 0.2) is 6.61 Å². The van der Waals surface area contributed by atoms with Gasteiger partial charge in [-0.25, -0.2) is 0 Å². The first-order valence-electron chi connectivity index (χ1n) is 10.1. The molecule has 0 atom stereocenters. The van der Waals surface area contributed by atoms with E-state index in [1.807, 2.05) is 50.2 Å². The molecule has 7 nitrogen and oxygen atoms in total. The largest absolute Gasteiger partial charge is 0.483 e. The molecule has 1 aliphatic rings. The highest BCUT2D eigenvalue weighted by molar-refractivity contribution is 6.01. The molecular formula is C22H29N3O4. The van der Waals surface area contributed by atoms with Crippen LogP contribution in [0.3, 0.4) is 0 Å². The lowest BCUT2D eigenvalue weighted by Gasteiger charge is -2.26. The summed E-state index contributed by atoms with van der Waals surface area (Å²) in [5.41, 5.74) is 0.433. The molecule has 1 aliphatic heterocycles. The first-order chi connectivity index (χ1) is 14.0. The minimum atomic E-state index is -0.216. The van der Waals surface area contributed by atoms with E-state index in [4.69, 9.17) is 9.47 Å². The molecule has 0 unspecified atom stereocenters. The van der Waals surface area contributed by atoms with Gasteiger partial charge in [-0.2, -0.15) is 0 Å². The summed E-state index contributed by atoms with van der Waals surface area (Å²) in [4.78, 5) is 27.1. The van der Waals surface area contributed by atoms with Gasteiger partial charge in [0, 0.05) is 32.2 Å². The average molecular weight is 399 g/mol. The van der Waals surface area contributed by atoms with E-state index in [1.165, 1.54) is 0 Å². The zero-order chi connectivity index (χ0) is 20.6. The van der Waals surface area contributed by atoms with Gasteiger partial charge in [-0.15, -0.1) is 0 Å². The van der Waals surface area contributed by atoms with E-state index < -0.39 is 0 Å². The minimum absolute atomic E-state index is 0.0330. The van der Waals surface area contributed by atoms with E-state index >= 15 is 0 Å². The quantitative estimate of drug-likeness (QED) is 0.708. The van der Waals surface area contributed by atoms with E-state index in [2.05, 4.69) is 15.5 Å². The van der Waals surface area contributed by atoms with Crippen LogP contribution in [0, 0.1) is 0 Å². The van der Waals surface area contributed by atoms with E-state index in [9.17, 15) is 9.59 Å². The topological polar surface area (TPSA) is 79.9 Å². The van der Waals surface area contributed by atoms with Crippen LogP contribution in [0.4, 0.5) is 0 Å². The number of rotatable bonds is 8. The molecule has 1 saturated heterocycles. The molecule has 0 aromatic heterocycles. The van der Waals surface area contributed by atoms with Gasteiger partial charge in [0.05, 0.1) is 18.8 Å². The molecule has 0 aliphatic carbocycles. The van der Waals surface area contributed by atoms with Crippen molar-refractivity contribution in [1.82, 2.24) is 15.5 Å². The van der Waals surface area contributed by atoms with Crippen LogP contribution in [0.2, 0.25) is 0 Å². The summed E-state index contributed by atoms with van der Waals surface area (Å²) in [6.07, 6.45) is 0. The maximum atomic E-state index is 12.8. The van der Waals surface area contributed by atoms with E-state index in [0.29, 0.717) is 17.9 Å². The number of fused-ring (bicyclic) bond motifs is 1. The van der Waals surface area contributed by atoms with Crippen LogP contribution >= 0.6 is 0 Å². The van der Waals surface area contributed by atoms with Crippen molar-refractivity contribution in [2.75, 3.05) is 46.0 Å². The second-order valence-electron chi connectivity index (χ2n) is 7.42. The van der Waals surface area contributed by atoms with Crippen LogP contribution in [0.1, 0.15) is 24.2 Å². The SMILES string of the molecule is CC(C)NC(=O)COc1cc2ccccc2cc1C(=O)NCCN1CCOCC1. The zero-order valence-electron chi connectivity index (χ0n) is 17.1. The average Bonchev–Trinajstić information content (AvgIpc) is 2.71. The molecule has 1 fully saturated rings. The Morgan fingerprint density at radius 1 is 1.14 bits per heavy atom. The van der Waals surface area contributed by atoms with Crippen LogP contribution < -0.4 is 15.4 Å². The van der Waals surface area contributed by atoms with Crippen molar-refractivity contribution in [1.29, 1.82) is 0 Å². The number of morpholine rings is 1. The third kappa shape index (κ3) is 6.17. The summed E-state index contributed by atoms with van der Waals surface area (Å²) in [6, 6.07) is 11.4. The van der Waals surface area contributed by atoms with Crippen molar-refractivity contribution in [2.45, 2.75) is 19.9 Å². The highest BCUT2D eigenvalue weighted by Gasteiger charge is 2.16. The molecule has 3 rings (SSSR count). The van der Waals surface area contributed by atoms with E-state index in [-0.39, 0.29) is 24.5 Å². The molecule has 0 radical (unpaired) electrons. The number of carbonyl (C=O) groups excluding carboxylic acids is 2. The molecule has 0 spiro atoms. The highest BCUT2D eigenvalue weighted by atomic mass is 16.5. The van der Waals surface area contributed by atoms with Crippen LogP contribution in [0.5, 0.6) is 5.75 Å². The third-order valence-corrected chi connectivity index (χ3v) is 4.72. The van der Waals surface area contributed by atoms with Crippen molar-refractivity contribution < 1.29 is 19.1 Å². The molecule has 1 heterocycles. The van der Waals surface area contributed by atoms with Crippen molar-refractivity contribution >= 4 is 22.6 Å². The Balaban J connectivity index is 1.69. The van der Waals surface area contributed by atoms with Gasteiger partial charge in [-0.05, 0) is 36.8 Å². The highest BCUT2D eigenvalue weighted by Crippen LogP contribution is 2.26. The molecule has 2 aromatic carbocycles. The van der Waals surface area contributed by atoms with Gasteiger partial charge in [0.2, 0.25) is 0 Å². The first-order valence-corrected chi connectivity index (χ1v) is 10.1. The molecule has 2 N–H and O–H groups in total. The second-order valence-corrected chi connectivity index (χ2v) is 7.42. The smallest absolute Gasteiger partial charge is 0.258 e. The van der Waals surface area contributed by atoms with Gasteiger partial charge >= 0.3 is 0 Å². The van der Waals surface area contributed by atoms with Crippen LogP contribution in [-0.2, 0) is 9.53 Å². The molecule has 29 heavy (non-hydrogen) atoms. The Labute approximate surface area is 171 Å². The number of ether oxygens (including phenoxy) is 2. The van der Waals surface area contributed by atoms with Crippen LogP contribution in [-0.4, -0.2) is 68.8 Å². The summed E-state index contributed by atoms with van der Waals surface area (Å²) in [5.74, 6) is -0.0124. The Kier molecular flexibility index (Phi) is 7.43. The summed E-state index contributed by atoms with van der Waals surface area (Å²) < 4.78 is 11.1. The van der Waals surface area contributed by atoms with Gasteiger partial charge in [0.1, 0.15) is 5.75 Å². The predicted octanol–water partition coefficient (Wildman–Crippen LogP) is 1.81. The Morgan fingerprint density at radius 3 is 2.52 bits per heavy atom. The molecular weight excluding hydrogens is 370 g/mol. The maximum Gasteiger partial charge on any atom is 0.258 e. The second kappa shape index (κ2) is 10.2. The summed E-state index contributed by atoms with van der Waals surface area (Å²) in [6.45, 7) is 8.18. The lowest BCUT2D eigenvalue weighted by molar-refractivity contribution is -0.123. The van der Waals surface area contributed by atoms with E-state index in [1.54, 1.807) is 0 Å². The number of nitrogens with zero attached hydrogens (tertiary/aromatic N) is 1. The molecule has 0 bridgehead atoms. The number of hydrogen-bond acceptors (Lipinski definition) is 5. The number of amides is 2. The Hall–Kier alpha value is -2.64. The van der Waals surface area contributed by atoms with Gasteiger partial charge < -0.3 is 20.1 Å². The van der Waals surface area contributed by atoms with Crippen molar-refractivity contribution in [2.24, 2.45) is 0 Å². The summed E-state index contributed by atoms with van der Waals surface area (Å²) in [5, 5.41) is 7.66. The van der Waals surface area contributed by atoms with Crippen molar-refractivity contribution in [3.63, 3.8) is 0 Å². The summed E-state index contributed by atoms with van der Waals surface area (Å²) in [7, 11) is 0. The number of carbonyl (C=O) groups is 2. The lowest BCUT2D eigenvalue weighted by atomic mass is 10.1. The number of benzene rings is 2. The monoisotopic (exact) mass is 399 g/mol. The van der Waals surface area contributed by atoms with Crippen molar-refractivity contribution in [3.05, 3.63) is 42.0 Å². The van der Waals surface area contributed by atoms with Gasteiger partial charge in [-0.3, -0.25) is 14.5 Å². The van der Waals surface area contributed by atoms with Crippen molar-refractivity contribution in [3.8, 4) is 5.75 Å². The van der Waals surface area contributed by atoms with Crippen LogP contribution in [0.25, 0.3) is 10.8 Å². The maximum absolute atomic E-state index is 12.8. The standard InChI is InChI=1S/C22H29N3O4/c1-16(2)24-21(26)15-29-20-14-18-6-4-3-5-17(18)13-19(20)22(27)23-7-8-25-9-11-28-12-10-25/h3-6,13-14,16H,7-12,15H2,1-2H3,(H,23,27)(H,24,26). The Bertz CT molecular complexity index is 847. The molecule has 156 valence electrons. The zero-order valence-corrected chi connectivity index (χ0v) is 17.1. The van der Waals surface area contributed by atoms with Gasteiger partial charge in [-0.1, -0.05) is 24.3 Å². The third-order valence-electron chi connectivity index (χ3n) is 4.72. The number of nitrogens with one attached hydrogen (secondary N) is 2. The van der Waals surface area contributed by atoms with Gasteiger partial charge in [0.25, 0.3) is 11.8 Å². The fourth-order valence-corrected chi connectivity index (χ4v) is 3.27. The Morgan fingerprint density at radius 2 is 1.83 bits per heavy atom. The summed E-state index contributed by atoms with van der Waals surface area (Å²) >= 11 is 0. The molecule has 2 amide bonds. The van der Waals surface area contributed by atoms with Crippen LogP contribution in [0.15, 0.2) is 36.4 Å². The molecule has 0 saturated carbocycles. The predicted molar refractivity (Wildman–Crippen MR) is 112 cm³/mol. The molecule has 2 aromatic rings.